The van der Waals surface area contributed by atoms with E-state index >= 15 is 0 Å². The van der Waals surface area contributed by atoms with Crippen molar-refractivity contribution in [2.75, 3.05) is 0 Å². The molecule has 6 aromatic rings. The second-order valence-corrected chi connectivity index (χ2v) is 10.4. The zero-order valence-electron chi connectivity index (χ0n) is 25.0. The maximum atomic E-state index is 10.5. The molecule has 0 aliphatic carbocycles. The number of aliphatic hydroxyl groups is 1. The average Bonchev–Trinajstić information content (AvgIpc) is 3.62. The maximum absolute atomic E-state index is 10.5. The molecule has 5 aromatic carbocycles. The van der Waals surface area contributed by atoms with Gasteiger partial charge in [-0.05, 0) is 75.4 Å². The van der Waals surface area contributed by atoms with Crippen LogP contribution >= 0.6 is 0 Å². The molecule has 1 N–H and O–H groups in total. The zero-order chi connectivity index (χ0) is 31.7. The molecule has 0 atom stereocenters. The summed E-state index contributed by atoms with van der Waals surface area (Å²) in [7, 11) is 0. The number of benzene rings is 5. The van der Waals surface area contributed by atoms with Crippen molar-refractivity contribution in [3.63, 3.8) is 0 Å². The molecule has 1 aromatic heterocycles. The van der Waals surface area contributed by atoms with Gasteiger partial charge in [-0.25, -0.2) is 0 Å². The van der Waals surface area contributed by atoms with Crippen LogP contribution in [0, 0.1) is 0 Å². The summed E-state index contributed by atoms with van der Waals surface area (Å²) in [6.45, 7) is 7.61. The van der Waals surface area contributed by atoms with E-state index in [-0.39, 0.29) is 5.90 Å². The van der Waals surface area contributed by atoms with Gasteiger partial charge >= 0.3 is 0 Å². The lowest BCUT2D eigenvalue weighted by Crippen LogP contribution is -1.97. The van der Waals surface area contributed by atoms with Gasteiger partial charge in [0.2, 0.25) is 17.7 Å². The number of hydrogen-bond acceptors (Lipinski definition) is 5. The smallest absolute Gasteiger partial charge is 0.248 e. The Balaban J connectivity index is 1.09. The Labute approximate surface area is 267 Å². The Morgan fingerprint density at radius 3 is 1.63 bits per heavy atom. The third-order valence-electron chi connectivity index (χ3n) is 7.39. The molecule has 0 radical (unpaired) electrons. The summed E-state index contributed by atoms with van der Waals surface area (Å²) in [5.41, 5.74) is 9.39. The van der Waals surface area contributed by atoms with Gasteiger partial charge in [0.05, 0.1) is 6.21 Å². The number of aliphatic hydroxyl groups excluding tert-OH is 1. The summed E-state index contributed by atoms with van der Waals surface area (Å²) in [4.78, 5) is 0. The summed E-state index contributed by atoms with van der Waals surface area (Å²) in [5, 5.41) is 27.0. The van der Waals surface area contributed by atoms with Gasteiger partial charge in [0, 0.05) is 16.7 Å². The van der Waals surface area contributed by atoms with Crippen molar-refractivity contribution in [1.29, 1.82) is 0 Å². The van der Waals surface area contributed by atoms with Crippen molar-refractivity contribution in [3.8, 4) is 45.2 Å². The normalized spacial score (nSPS) is 11.9. The minimum atomic E-state index is -0.157. The molecule has 46 heavy (non-hydrogen) atoms. The fraction of sp³-hybridized carbons (Fsp3) is 0. The fourth-order valence-electron chi connectivity index (χ4n) is 4.89. The van der Waals surface area contributed by atoms with E-state index in [9.17, 15) is 5.11 Å². The van der Waals surface area contributed by atoms with Crippen molar-refractivity contribution in [3.05, 3.63) is 175 Å². The quantitative estimate of drug-likeness (QED) is 0.0736. The van der Waals surface area contributed by atoms with Crippen molar-refractivity contribution in [2.24, 2.45) is 10.2 Å². The highest BCUT2D eigenvalue weighted by Gasteiger charge is 2.12. The molecule has 6 nitrogen and oxygen atoms in total. The van der Waals surface area contributed by atoms with Gasteiger partial charge in [-0.3, -0.25) is 0 Å². The largest absolute Gasteiger partial charge is 0.492 e. The van der Waals surface area contributed by atoms with Crippen LogP contribution in [0.3, 0.4) is 0 Å². The molecular formula is C40H30N4O2. The zero-order valence-corrected chi connectivity index (χ0v) is 25.0. The van der Waals surface area contributed by atoms with Crippen molar-refractivity contribution in [2.45, 2.75) is 0 Å². The van der Waals surface area contributed by atoms with Crippen LogP contribution in [0.2, 0.25) is 0 Å². The number of aromatic nitrogens is 2. The predicted molar refractivity (Wildman–Crippen MR) is 188 cm³/mol. The van der Waals surface area contributed by atoms with Gasteiger partial charge in [0.15, 0.2) is 0 Å². The van der Waals surface area contributed by atoms with Gasteiger partial charge in [-0.2, -0.15) is 5.10 Å². The van der Waals surface area contributed by atoms with E-state index < -0.39 is 0 Å². The van der Waals surface area contributed by atoms with Gasteiger partial charge in [-0.1, -0.05) is 122 Å². The van der Waals surface area contributed by atoms with Gasteiger partial charge in [-0.15, -0.1) is 15.3 Å². The Morgan fingerprint density at radius 2 is 1.07 bits per heavy atom. The van der Waals surface area contributed by atoms with Gasteiger partial charge in [0.1, 0.15) is 0 Å². The Kier molecular flexibility index (Phi) is 8.98. The molecule has 0 aliphatic heterocycles. The first-order valence-corrected chi connectivity index (χ1v) is 14.7. The molecule has 222 valence electrons. The van der Waals surface area contributed by atoms with E-state index in [1.54, 1.807) is 18.4 Å². The van der Waals surface area contributed by atoms with Crippen LogP contribution < -0.4 is 0 Å². The Bertz CT molecular complexity index is 2040. The van der Waals surface area contributed by atoms with Crippen molar-refractivity contribution >= 4 is 17.7 Å². The van der Waals surface area contributed by atoms with Crippen LogP contribution in [0.4, 0.5) is 0 Å². The van der Waals surface area contributed by atoms with E-state index in [2.05, 4.69) is 45.7 Å². The monoisotopic (exact) mass is 598 g/mol. The van der Waals surface area contributed by atoms with Gasteiger partial charge < -0.3 is 9.52 Å². The summed E-state index contributed by atoms with van der Waals surface area (Å²) in [5.74, 6) is 0.726. The van der Waals surface area contributed by atoms with Crippen molar-refractivity contribution < 1.29 is 9.52 Å². The summed E-state index contributed by atoms with van der Waals surface area (Å²) in [6, 6.07) is 41.4. The first kappa shape index (κ1) is 29.7. The molecule has 6 rings (SSSR count). The molecule has 0 bridgehead atoms. The van der Waals surface area contributed by atoms with E-state index in [0.717, 1.165) is 50.1 Å². The summed E-state index contributed by atoms with van der Waals surface area (Å²) in [6.07, 6.45) is 7.06. The molecule has 6 heteroatoms. The minimum absolute atomic E-state index is 0.157. The van der Waals surface area contributed by atoms with Crippen LogP contribution in [0.15, 0.2) is 173 Å². The van der Waals surface area contributed by atoms with Crippen LogP contribution in [-0.4, -0.2) is 27.4 Å². The van der Waals surface area contributed by atoms with E-state index in [4.69, 9.17) is 4.42 Å². The predicted octanol–water partition coefficient (Wildman–Crippen LogP) is 9.83. The van der Waals surface area contributed by atoms with Crippen molar-refractivity contribution in [1.82, 2.24) is 10.2 Å². The molecule has 0 amide bonds. The standard InChI is InChI=1S/C40H30N4O2/c1-3-8-29(4-2)31-17-23-36(24-18-31)39-43-44-40(46-39)37-25-19-34(20-26-37)33-15-21-35(22-16-33)38(45)42-41-27-28-11-13-32(14-12-28)30-9-6-5-7-10-30/h3-27H,1-2H2,(H,42,45)/b29-8+,41-27+. The second kappa shape index (κ2) is 13.9. The van der Waals surface area contributed by atoms with Gasteiger partial charge in [0.25, 0.3) is 0 Å². The number of allylic oxidation sites excluding steroid dienone is 4. The van der Waals surface area contributed by atoms with Crippen LogP contribution in [0.1, 0.15) is 16.7 Å². The molecule has 0 unspecified atom stereocenters. The van der Waals surface area contributed by atoms with Crippen LogP contribution in [0.5, 0.6) is 0 Å². The highest BCUT2D eigenvalue weighted by atomic mass is 16.4. The second-order valence-electron chi connectivity index (χ2n) is 10.4. The number of nitrogens with zero attached hydrogens (tertiary/aromatic N) is 4. The molecular weight excluding hydrogens is 568 g/mol. The van der Waals surface area contributed by atoms with Crippen LogP contribution in [-0.2, 0) is 0 Å². The highest BCUT2D eigenvalue weighted by Crippen LogP contribution is 2.28. The molecule has 0 spiro atoms. The molecule has 0 aliphatic rings. The molecule has 0 saturated carbocycles. The SMILES string of the molecule is C=C/C=C(\C=C)c1ccc(-c2nnc(-c3ccc(-c4ccc(/C(O)=N/N=C/c5ccc(-c6ccccc6)cc5)cc4)cc3)o2)cc1. The highest BCUT2D eigenvalue weighted by molar-refractivity contribution is 5.93. The fourth-order valence-corrected chi connectivity index (χ4v) is 4.89. The van der Waals surface area contributed by atoms with E-state index in [1.165, 1.54) is 0 Å². The molecule has 0 saturated heterocycles. The van der Waals surface area contributed by atoms with E-state index in [0.29, 0.717) is 17.3 Å². The van der Waals surface area contributed by atoms with E-state index in [1.807, 2.05) is 121 Å². The molecule has 0 fully saturated rings. The lowest BCUT2D eigenvalue weighted by molar-refractivity contribution is 0.551. The lowest BCUT2D eigenvalue weighted by atomic mass is 10.0. The number of rotatable bonds is 10. The topological polar surface area (TPSA) is 83.9 Å². The Morgan fingerprint density at radius 1 is 0.587 bits per heavy atom. The summed E-state index contributed by atoms with van der Waals surface area (Å²) >= 11 is 0. The lowest BCUT2D eigenvalue weighted by Gasteiger charge is -2.04. The maximum Gasteiger partial charge on any atom is 0.248 e. The third kappa shape index (κ3) is 6.87. The first-order valence-electron chi connectivity index (χ1n) is 14.7. The minimum Gasteiger partial charge on any atom is -0.492 e. The Hall–Kier alpha value is -6.40. The summed E-state index contributed by atoms with van der Waals surface area (Å²) < 4.78 is 5.98. The molecule has 1 heterocycles. The number of hydrogen-bond donors (Lipinski definition) is 1. The third-order valence-corrected chi connectivity index (χ3v) is 7.39. The first-order chi connectivity index (χ1) is 22.6. The average molecular weight is 599 g/mol. The van der Waals surface area contributed by atoms with Crippen LogP contribution in [0.25, 0.3) is 50.7 Å².